The molecule has 116 heavy (non-hydrogen) atoms. The Morgan fingerprint density at radius 3 is 0.862 bits per heavy atom. The molecule has 0 bridgehead atoms. The largest absolute Gasteiger partial charge is 0.508 e. The smallest absolute Gasteiger partial charge is 0.127 e. The van der Waals surface area contributed by atoms with Crippen molar-refractivity contribution in [2.24, 2.45) is 17.8 Å². The van der Waals surface area contributed by atoms with Crippen molar-refractivity contribution in [2.75, 3.05) is 0 Å². The molecule has 0 radical (unpaired) electrons. The van der Waals surface area contributed by atoms with E-state index in [1.54, 1.807) is 36.4 Å². The van der Waals surface area contributed by atoms with Crippen molar-refractivity contribution in [3.05, 3.63) is 457 Å². The highest BCUT2D eigenvalue weighted by molar-refractivity contribution is 6.30. The average Bonchev–Trinajstić information content (AvgIpc) is 0.854. The van der Waals surface area contributed by atoms with Crippen LogP contribution < -0.4 is 14.2 Å². The van der Waals surface area contributed by atoms with Crippen LogP contribution in [0, 0.1) is 40.4 Å². The summed E-state index contributed by atoms with van der Waals surface area (Å²) in [4.78, 5) is 0. The number of ether oxygens (including phenoxy) is 3. The minimum atomic E-state index is 0. The number of phenolic OH excluding ortho intramolecular Hbond substituents is 1. The molecule has 12 rings (SSSR count). The van der Waals surface area contributed by atoms with E-state index in [-0.39, 0.29) is 18.3 Å². The molecule has 0 spiro atoms. The maximum atomic E-state index is 9.69. The first-order chi connectivity index (χ1) is 56.1. The Morgan fingerprint density at radius 1 is 0.353 bits per heavy atom. The van der Waals surface area contributed by atoms with E-state index >= 15 is 0 Å². The predicted molar refractivity (Wildman–Crippen MR) is 503 cm³/mol. The van der Waals surface area contributed by atoms with Crippen molar-refractivity contribution in [3.63, 3.8) is 0 Å². The second kappa shape index (κ2) is 55.9. The maximum Gasteiger partial charge on any atom is 0.127 e. The first-order valence-corrected chi connectivity index (χ1v) is 38.8. The fraction of sp³-hybridized carbons (Fsp3) is 0.111. The number of nitriles is 2. The van der Waals surface area contributed by atoms with E-state index < -0.39 is 0 Å². The SMILES string of the molecule is C=CC#N.C=CC=C.C=Cc1ccc(Cl)cc1.C=Cc1ccc(Oc2ccc(/C=C/c3ccccc3)cc2)cc1.C=Cc1ccc(Oc2ccc(/C=C/c3ccccc3)cc2)cc1.CC(C)C/C=C/CCC(CC(C#N)C(C)C)c1ccc(Oc2ccc(/C=C/c3ccccc3)cc2)cc1.Cl.Oc1ccc(/C=C/c2ccccc2)cc1. The number of halogens is 2. The summed E-state index contributed by atoms with van der Waals surface area (Å²) in [7, 11) is 0. The van der Waals surface area contributed by atoms with Crippen LogP contribution in [0.15, 0.2) is 385 Å². The van der Waals surface area contributed by atoms with Gasteiger partial charge in [-0.2, -0.15) is 10.5 Å². The minimum Gasteiger partial charge on any atom is -0.508 e. The second-order valence-electron chi connectivity index (χ2n) is 26.8. The summed E-state index contributed by atoms with van der Waals surface area (Å²) in [5, 5.41) is 27.1. The van der Waals surface area contributed by atoms with E-state index in [0.29, 0.717) is 23.5 Å². The highest BCUT2D eigenvalue weighted by Crippen LogP contribution is 2.34. The Hall–Kier alpha value is -13.5. The molecule has 0 aliphatic heterocycles. The van der Waals surface area contributed by atoms with Crippen molar-refractivity contribution in [3.8, 4) is 52.4 Å². The zero-order valence-electron chi connectivity index (χ0n) is 67.0. The lowest BCUT2D eigenvalue weighted by atomic mass is 9.82. The molecule has 0 saturated carbocycles. The summed E-state index contributed by atoms with van der Waals surface area (Å²) in [5.41, 5.74) is 13.8. The molecule has 2 atom stereocenters. The summed E-state index contributed by atoms with van der Waals surface area (Å²) in [6.45, 7) is 29.7. The van der Waals surface area contributed by atoms with Gasteiger partial charge in [0.25, 0.3) is 0 Å². The number of allylic oxidation sites excluding steroid dienone is 5. The lowest BCUT2D eigenvalue weighted by Crippen LogP contribution is -2.12. The summed E-state index contributed by atoms with van der Waals surface area (Å²) >= 11 is 5.63. The van der Waals surface area contributed by atoms with Gasteiger partial charge in [-0.25, -0.2) is 0 Å². The van der Waals surface area contributed by atoms with Gasteiger partial charge in [-0.3, -0.25) is 0 Å². The van der Waals surface area contributed by atoms with E-state index in [1.807, 2.05) is 243 Å². The van der Waals surface area contributed by atoms with Crippen LogP contribution in [0.4, 0.5) is 0 Å². The van der Waals surface area contributed by atoms with Crippen LogP contribution in [-0.2, 0) is 0 Å². The molecule has 12 aromatic rings. The van der Waals surface area contributed by atoms with E-state index in [1.165, 1.54) is 33.9 Å². The molecule has 1 N–H and O–H groups in total. The van der Waals surface area contributed by atoms with Gasteiger partial charge in [0.1, 0.15) is 40.2 Å². The molecule has 0 aliphatic carbocycles. The van der Waals surface area contributed by atoms with Crippen LogP contribution in [0.25, 0.3) is 66.8 Å². The molecule has 2 unspecified atom stereocenters. The van der Waals surface area contributed by atoms with Gasteiger partial charge in [0.15, 0.2) is 0 Å². The molecule has 8 heteroatoms. The van der Waals surface area contributed by atoms with Crippen molar-refractivity contribution in [1.82, 2.24) is 0 Å². The Labute approximate surface area is 702 Å². The Morgan fingerprint density at radius 2 is 0.612 bits per heavy atom. The molecule has 0 amide bonds. The van der Waals surface area contributed by atoms with Gasteiger partial charge in [-0.15, -0.1) is 12.4 Å². The van der Waals surface area contributed by atoms with Gasteiger partial charge in [-0.1, -0.05) is 388 Å². The van der Waals surface area contributed by atoms with E-state index in [4.69, 9.17) is 36.2 Å². The molecule has 0 aliphatic rings. The van der Waals surface area contributed by atoms with Crippen molar-refractivity contribution in [1.29, 1.82) is 10.5 Å². The quantitative estimate of drug-likeness (QED) is 0.0239. The highest BCUT2D eigenvalue weighted by Gasteiger charge is 2.21. The molecule has 0 saturated heterocycles. The molecule has 0 aromatic heterocycles. The van der Waals surface area contributed by atoms with Crippen LogP contribution >= 0.6 is 24.0 Å². The molecular weight excluding hydrogens is 1460 g/mol. The Balaban J connectivity index is 0.000000265. The fourth-order valence-electron chi connectivity index (χ4n) is 10.7. The average molecular weight is 1570 g/mol. The number of hydrogen-bond donors (Lipinski definition) is 1. The molecule has 12 aromatic carbocycles. The third kappa shape index (κ3) is 38.7. The number of nitrogens with zero attached hydrogens (tertiary/aromatic N) is 2. The van der Waals surface area contributed by atoms with Crippen molar-refractivity contribution in [2.45, 2.75) is 59.3 Å². The van der Waals surface area contributed by atoms with Gasteiger partial charge >= 0.3 is 0 Å². The van der Waals surface area contributed by atoms with Gasteiger partial charge in [-0.05, 0) is 207 Å². The first kappa shape index (κ1) is 93.1. The van der Waals surface area contributed by atoms with Crippen LogP contribution in [0.3, 0.4) is 0 Å². The summed E-state index contributed by atoms with van der Waals surface area (Å²) in [5.74, 6) is 6.71. The third-order valence-electron chi connectivity index (χ3n) is 17.2. The topological polar surface area (TPSA) is 95.5 Å². The van der Waals surface area contributed by atoms with Crippen molar-refractivity contribution >= 4 is 90.8 Å². The normalized spacial score (nSPS) is 10.8. The van der Waals surface area contributed by atoms with Crippen LogP contribution in [0.1, 0.15) is 126 Å². The first-order valence-electron chi connectivity index (χ1n) is 38.4. The zero-order chi connectivity index (χ0) is 82.3. The second-order valence-corrected chi connectivity index (χ2v) is 27.3. The predicted octanol–water partition coefficient (Wildman–Crippen LogP) is 31.9. The molecule has 586 valence electrons. The summed E-state index contributed by atoms with van der Waals surface area (Å²) in [6, 6.07) is 108. The van der Waals surface area contributed by atoms with Gasteiger partial charge < -0.3 is 19.3 Å². The van der Waals surface area contributed by atoms with E-state index in [9.17, 15) is 5.26 Å². The molecular formula is C108H106Cl2N2O4. The summed E-state index contributed by atoms with van der Waals surface area (Å²) < 4.78 is 17.8. The standard InChI is InChI=1S/C35H41NO.2C22H18O.C14H12O.C8H7Cl.C4H6.C3H3N.ClH/c1-27(2)11-7-5-10-14-32(25-33(26-36)28(3)4)31-19-23-35(24-20-31)37-34-21-17-30(18-22-34)16-15-29-12-8-6-9-13-29;2*1-2-18-10-14-21(15-11-18)23-22-16-12-20(13-17-22)9-8-19-6-4-3-5-7-19;15-14-10-8-13(9-11-14)7-6-12-4-2-1-3-5-12;1-2-7-3-5-8(9)6-4-7;1-3-4-2;1-2-3-4;/h5-9,12-13,15-24,27-28,32-33H,10-11,14,25H2,1-4H3;2*2-17H,1H2;1-11,15H;2-6H,1H2;3-4H,1-2H2;2H,1H2;1H/b7-5+,16-15+;2*9-8+;7-6+;;;;. The monoisotopic (exact) mass is 1560 g/mol. The molecule has 6 nitrogen and oxygen atoms in total. The van der Waals surface area contributed by atoms with Gasteiger partial charge in [0, 0.05) is 17.0 Å². The van der Waals surface area contributed by atoms with Crippen LogP contribution in [0.2, 0.25) is 5.02 Å². The lowest BCUT2D eigenvalue weighted by Gasteiger charge is -2.22. The number of benzene rings is 12. The van der Waals surface area contributed by atoms with E-state index in [2.05, 4.69) is 207 Å². The number of phenols is 1. The highest BCUT2D eigenvalue weighted by atomic mass is 35.5. The number of rotatable bonds is 27. The molecule has 0 fully saturated rings. The summed E-state index contributed by atoms with van der Waals surface area (Å²) in [6.07, 6.45) is 35.3. The number of hydrogen-bond acceptors (Lipinski definition) is 6. The van der Waals surface area contributed by atoms with Crippen molar-refractivity contribution < 1.29 is 19.3 Å². The van der Waals surface area contributed by atoms with Crippen LogP contribution in [-0.4, -0.2) is 5.11 Å². The lowest BCUT2D eigenvalue weighted by molar-refractivity contribution is 0.398. The Bertz CT molecular complexity index is 4850. The van der Waals surface area contributed by atoms with Gasteiger partial charge in [0.2, 0.25) is 0 Å². The fourth-order valence-corrected chi connectivity index (χ4v) is 10.8. The minimum absolute atomic E-state index is 0. The molecule has 0 heterocycles. The zero-order valence-corrected chi connectivity index (χ0v) is 68.6. The van der Waals surface area contributed by atoms with Gasteiger partial charge in [0.05, 0.1) is 12.1 Å². The third-order valence-corrected chi connectivity index (χ3v) is 17.5. The van der Waals surface area contributed by atoms with E-state index in [0.717, 1.165) is 104 Å². The number of aromatic hydroxyl groups is 1. The van der Waals surface area contributed by atoms with Crippen LogP contribution in [0.5, 0.6) is 40.2 Å². The maximum absolute atomic E-state index is 9.69. The Kier molecular flexibility index (Phi) is 44.9.